The van der Waals surface area contributed by atoms with Crippen molar-refractivity contribution < 1.29 is 14.3 Å². The summed E-state index contributed by atoms with van der Waals surface area (Å²) in [6.45, 7) is 9.25. The molecule has 6 heteroatoms. The number of rotatable bonds is 9. The zero-order chi connectivity index (χ0) is 16.5. The number of ether oxygens (including phenoxy) is 1. The summed E-state index contributed by atoms with van der Waals surface area (Å²) in [5.41, 5.74) is 0.326. The summed E-state index contributed by atoms with van der Waals surface area (Å²) < 4.78 is 4.94. The van der Waals surface area contributed by atoms with E-state index in [1.807, 2.05) is 18.7 Å². The zero-order valence-electron chi connectivity index (χ0n) is 13.9. The lowest BCUT2D eigenvalue weighted by molar-refractivity contribution is -0.135. The maximum absolute atomic E-state index is 12.3. The fourth-order valence-corrected chi connectivity index (χ4v) is 2.81. The number of aromatic nitrogens is 1. The Morgan fingerprint density at radius 3 is 2.64 bits per heavy atom. The van der Waals surface area contributed by atoms with Crippen LogP contribution in [0, 0.1) is 5.92 Å². The average molecular weight is 326 g/mol. The highest BCUT2D eigenvalue weighted by Crippen LogP contribution is 2.16. The number of nitrogens with zero attached hydrogens (tertiary/aromatic N) is 2. The predicted molar refractivity (Wildman–Crippen MR) is 87.9 cm³/mol. The van der Waals surface area contributed by atoms with Crippen molar-refractivity contribution in [1.82, 2.24) is 9.88 Å². The molecule has 0 aromatic carbocycles. The molecule has 1 rings (SSSR count). The third-order valence-electron chi connectivity index (χ3n) is 3.20. The standard InChI is InChI=1S/C16H26N2O3S/c1-5-7-8-9-18(15(19)12(3)4)10-14-17-13(11-22-14)16(20)21-6-2/h11-12H,5-10H2,1-4H3. The second-order valence-electron chi connectivity index (χ2n) is 5.47. The molecule has 5 nitrogen and oxygen atoms in total. The van der Waals surface area contributed by atoms with Crippen molar-refractivity contribution >= 4 is 23.2 Å². The zero-order valence-corrected chi connectivity index (χ0v) is 14.7. The molecule has 1 heterocycles. The van der Waals surface area contributed by atoms with Gasteiger partial charge in [0.1, 0.15) is 5.01 Å². The Bertz CT molecular complexity index is 485. The number of carbonyl (C=O) groups is 2. The molecule has 1 amide bonds. The molecular weight excluding hydrogens is 300 g/mol. The van der Waals surface area contributed by atoms with Crippen LogP contribution >= 0.6 is 11.3 Å². The molecule has 22 heavy (non-hydrogen) atoms. The number of amides is 1. The van der Waals surface area contributed by atoms with Gasteiger partial charge in [0.15, 0.2) is 5.69 Å². The number of hydrogen-bond donors (Lipinski definition) is 0. The van der Waals surface area contributed by atoms with Crippen LogP contribution in [-0.2, 0) is 16.1 Å². The Morgan fingerprint density at radius 2 is 2.05 bits per heavy atom. The summed E-state index contributed by atoms with van der Waals surface area (Å²) in [7, 11) is 0. The van der Waals surface area contributed by atoms with Crippen molar-refractivity contribution in [2.24, 2.45) is 5.92 Å². The third-order valence-corrected chi connectivity index (χ3v) is 4.03. The van der Waals surface area contributed by atoms with Crippen molar-refractivity contribution in [1.29, 1.82) is 0 Å². The lowest BCUT2D eigenvalue weighted by atomic mass is 10.1. The lowest BCUT2D eigenvalue weighted by Gasteiger charge is -2.23. The predicted octanol–water partition coefficient (Wildman–Crippen LogP) is 3.49. The number of esters is 1. The molecule has 0 radical (unpaired) electrons. The molecule has 0 aliphatic rings. The second kappa shape index (κ2) is 9.56. The van der Waals surface area contributed by atoms with Gasteiger partial charge in [0.05, 0.1) is 13.2 Å². The molecule has 0 spiro atoms. The van der Waals surface area contributed by atoms with E-state index in [1.54, 1.807) is 12.3 Å². The first kappa shape index (κ1) is 18.6. The topological polar surface area (TPSA) is 59.5 Å². The summed E-state index contributed by atoms with van der Waals surface area (Å²) in [4.78, 5) is 30.1. The van der Waals surface area contributed by atoms with E-state index in [1.165, 1.54) is 11.3 Å². The van der Waals surface area contributed by atoms with Crippen LogP contribution in [0.15, 0.2) is 5.38 Å². The fourth-order valence-electron chi connectivity index (χ4n) is 2.03. The van der Waals surface area contributed by atoms with Gasteiger partial charge in [-0.05, 0) is 13.3 Å². The van der Waals surface area contributed by atoms with Gasteiger partial charge in [0.2, 0.25) is 5.91 Å². The minimum absolute atomic E-state index is 0.0360. The van der Waals surface area contributed by atoms with E-state index in [-0.39, 0.29) is 11.8 Å². The summed E-state index contributed by atoms with van der Waals surface area (Å²) >= 11 is 1.39. The number of thiazole rings is 1. The molecule has 0 saturated heterocycles. The molecule has 0 atom stereocenters. The van der Waals surface area contributed by atoms with Crippen molar-refractivity contribution in [2.45, 2.75) is 53.5 Å². The Balaban J connectivity index is 2.72. The average Bonchev–Trinajstić information content (AvgIpc) is 2.94. The highest BCUT2D eigenvalue weighted by molar-refractivity contribution is 7.09. The Labute approximate surface area is 136 Å². The molecule has 0 N–H and O–H groups in total. The number of unbranched alkanes of at least 4 members (excludes halogenated alkanes) is 2. The molecule has 0 bridgehead atoms. The molecule has 1 aromatic rings. The van der Waals surface area contributed by atoms with Crippen LogP contribution in [-0.4, -0.2) is 34.9 Å². The summed E-state index contributed by atoms with van der Waals surface area (Å²) in [6, 6.07) is 0. The van der Waals surface area contributed by atoms with E-state index in [0.717, 1.165) is 30.8 Å². The van der Waals surface area contributed by atoms with Gasteiger partial charge in [0.25, 0.3) is 0 Å². The summed E-state index contributed by atoms with van der Waals surface area (Å²) in [5, 5.41) is 2.46. The van der Waals surface area contributed by atoms with Gasteiger partial charge in [-0.25, -0.2) is 9.78 Å². The van der Waals surface area contributed by atoms with Crippen LogP contribution < -0.4 is 0 Å². The van der Waals surface area contributed by atoms with Crippen LogP contribution in [0.3, 0.4) is 0 Å². The molecule has 0 fully saturated rings. The van der Waals surface area contributed by atoms with Gasteiger partial charge in [-0.2, -0.15) is 0 Å². The molecule has 0 saturated carbocycles. The number of hydrogen-bond acceptors (Lipinski definition) is 5. The van der Waals surface area contributed by atoms with E-state index >= 15 is 0 Å². The lowest BCUT2D eigenvalue weighted by Crippen LogP contribution is -2.34. The molecule has 1 aromatic heterocycles. The van der Waals surface area contributed by atoms with Crippen LogP contribution in [0.1, 0.15) is 62.5 Å². The van der Waals surface area contributed by atoms with Gasteiger partial charge < -0.3 is 9.64 Å². The maximum Gasteiger partial charge on any atom is 0.357 e. The van der Waals surface area contributed by atoms with Gasteiger partial charge >= 0.3 is 5.97 Å². The van der Waals surface area contributed by atoms with E-state index in [2.05, 4.69) is 11.9 Å². The van der Waals surface area contributed by atoms with Crippen molar-refractivity contribution in [3.63, 3.8) is 0 Å². The first-order chi connectivity index (χ1) is 10.5. The van der Waals surface area contributed by atoms with Gasteiger partial charge in [-0.15, -0.1) is 11.3 Å². The first-order valence-electron chi connectivity index (χ1n) is 7.89. The summed E-state index contributed by atoms with van der Waals surface area (Å²) in [6.07, 6.45) is 3.22. The molecule has 0 aliphatic carbocycles. The summed E-state index contributed by atoms with van der Waals surface area (Å²) in [5.74, 6) is -0.312. The highest BCUT2D eigenvalue weighted by atomic mass is 32.1. The van der Waals surface area contributed by atoms with Crippen LogP contribution in [0.5, 0.6) is 0 Å². The van der Waals surface area contributed by atoms with Gasteiger partial charge in [-0.1, -0.05) is 33.6 Å². The highest BCUT2D eigenvalue weighted by Gasteiger charge is 2.19. The van der Waals surface area contributed by atoms with E-state index in [9.17, 15) is 9.59 Å². The van der Waals surface area contributed by atoms with Crippen molar-refractivity contribution in [3.8, 4) is 0 Å². The van der Waals surface area contributed by atoms with Crippen LogP contribution in [0.2, 0.25) is 0 Å². The molecule has 0 unspecified atom stereocenters. The molecular formula is C16H26N2O3S. The Hall–Kier alpha value is -1.43. The Morgan fingerprint density at radius 1 is 1.32 bits per heavy atom. The van der Waals surface area contributed by atoms with Gasteiger partial charge in [0, 0.05) is 17.8 Å². The van der Waals surface area contributed by atoms with Crippen molar-refractivity contribution in [2.75, 3.05) is 13.2 Å². The normalized spacial score (nSPS) is 10.8. The smallest absolute Gasteiger partial charge is 0.357 e. The van der Waals surface area contributed by atoms with E-state index in [0.29, 0.717) is 18.8 Å². The van der Waals surface area contributed by atoms with E-state index in [4.69, 9.17) is 4.74 Å². The van der Waals surface area contributed by atoms with E-state index < -0.39 is 5.97 Å². The van der Waals surface area contributed by atoms with Crippen molar-refractivity contribution in [3.05, 3.63) is 16.1 Å². The first-order valence-corrected chi connectivity index (χ1v) is 8.77. The minimum atomic E-state index is -0.405. The SMILES string of the molecule is CCCCCN(Cc1nc(C(=O)OCC)cs1)C(=O)C(C)C. The fraction of sp³-hybridized carbons (Fsp3) is 0.688. The quantitative estimate of drug-likeness (QED) is 0.515. The monoisotopic (exact) mass is 326 g/mol. The van der Waals surface area contributed by atoms with Gasteiger partial charge in [-0.3, -0.25) is 4.79 Å². The minimum Gasteiger partial charge on any atom is -0.461 e. The molecule has 124 valence electrons. The largest absolute Gasteiger partial charge is 0.461 e. The molecule has 0 aliphatic heterocycles. The second-order valence-corrected chi connectivity index (χ2v) is 6.41. The number of carbonyl (C=O) groups excluding carboxylic acids is 2. The maximum atomic E-state index is 12.3. The van der Waals surface area contributed by atoms with Crippen LogP contribution in [0.25, 0.3) is 0 Å². The third kappa shape index (κ3) is 5.75. The Kier molecular flexibility index (Phi) is 8.09. The van der Waals surface area contributed by atoms with Crippen LogP contribution in [0.4, 0.5) is 0 Å².